The van der Waals surface area contributed by atoms with Crippen molar-refractivity contribution >= 4 is 28.8 Å². The third-order valence-electron chi connectivity index (χ3n) is 7.36. The first-order valence-corrected chi connectivity index (χ1v) is 12.5. The SMILES string of the molecule is C=C/C(=C\C1=C(C)C(=C)C(c2cnn(C)c2)=C1)C(=O)Nc1cc(NC(=O)CN2CC3CC3C2)cnc1C. The van der Waals surface area contributed by atoms with E-state index in [1.54, 1.807) is 29.2 Å². The van der Waals surface area contributed by atoms with Gasteiger partial charge in [0.25, 0.3) is 5.91 Å². The van der Waals surface area contributed by atoms with Gasteiger partial charge in [0.2, 0.25) is 5.91 Å². The lowest BCUT2D eigenvalue weighted by Gasteiger charge is -2.17. The van der Waals surface area contributed by atoms with Crippen LogP contribution in [0, 0.1) is 18.8 Å². The molecule has 2 fully saturated rings. The van der Waals surface area contributed by atoms with E-state index in [1.807, 2.05) is 33.2 Å². The van der Waals surface area contributed by atoms with Crippen LogP contribution < -0.4 is 10.6 Å². The molecular weight excluding hydrogens is 464 g/mol. The van der Waals surface area contributed by atoms with Crippen molar-refractivity contribution < 1.29 is 9.59 Å². The van der Waals surface area contributed by atoms with Crippen molar-refractivity contribution in [2.45, 2.75) is 20.3 Å². The lowest BCUT2D eigenvalue weighted by Crippen LogP contribution is -2.32. The number of pyridine rings is 1. The van der Waals surface area contributed by atoms with Crippen LogP contribution in [0.2, 0.25) is 0 Å². The van der Waals surface area contributed by atoms with Gasteiger partial charge in [-0.1, -0.05) is 19.2 Å². The van der Waals surface area contributed by atoms with Crippen molar-refractivity contribution in [3.05, 3.63) is 89.6 Å². The standard InChI is InChI=1S/C29H32N6O2/c1-6-20(7-21-9-26(18(3)17(21)2)24-11-31-34(5)13-24)29(37)33-27-10-25(12-30-19(27)4)32-28(36)16-35-14-22-8-23(22)15-35/h6-7,9-13,22-23H,1,3,8,14-16H2,2,4-5H3,(H,32,36)(H,33,37)/b20-7+. The third-order valence-corrected chi connectivity index (χ3v) is 7.36. The predicted molar refractivity (Wildman–Crippen MR) is 146 cm³/mol. The smallest absolute Gasteiger partial charge is 0.255 e. The molecule has 8 nitrogen and oxygen atoms in total. The first-order chi connectivity index (χ1) is 17.7. The summed E-state index contributed by atoms with van der Waals surface area (Å²) in [6, 6.07) is 1.74. The highest BCUT2D eigenvalue weighted by Crippen LogP contribution is 2.44. The van der Waals surface area contributed by atoms with Crippen LogP contribution in [-0.4, -0.2) is 51.1 Å². The Kier molecular flexibility index (Phi) is 6.52. The summed E-state index contributed by atoms with van der Waals surface area (Å²) in [5.74, 6) is 1.17. The Labute approximate surface area is 217 Å². The summed E-state index contributed by atoms with van der Waals surface area (Å²) in [5, 5.41) is 10.1. The number of aromatic nitrogens is 3. The van der Waals surface area contributed by atoms with Gasteiger partial charge in [-0.2, -0.15) is 5.10 Å². The van der Waals surface area contributed by atoms with Crippen LogP contribution in [0.25, 0.3) is 5.57 Å². The van der Waals surface area contributed by atoms with E-state index in [1.165, 1.54) is 12.5 Å². The first kappa shape index (κ1) is 24.6. The molecule has 2 aliphatic carbocycles. The van der Waals surface area contributed by atoms with Crippen LogP contribution in [0.15, 0.2) is 78.3 Å². The molecule has 3 aliphatic rings. The van der Waals surface area contributed by atoms with E-state index in [2.05, 4.69) is 38.8 Å². The number of nitrogens with zero attached hydrogens (tertiary/aromatic N) is 4. The second-order valence-corrected chi connectivity index (χ2v) is 10.1. The molecule has 3 heterocycles. The van der Waals surface area contributed by atoms with Gasteiger partial charge < -0.3 is 10.6 Å². The van der Waals surface area contributed by atoms with E-state index in [0.717, 1.165) is 52.8 Å². The number of nitrogens with one attached hydrogen (secondary N) is 2. The number of hydrogen-bond donors (Lipinski definition) is 2. The largest absolute Gasteiger partial charge is 0.324 e. The molecule has 2 aromatic rings. The van der Waals surface area contributed by atoms with Crippen LogP contribution >= 0.6 is 0 Å². The number of piperidine rings is 1. The fraction of sp³-hybridized carbons (Fsp3) is 0.310. The third kappa shape index (κ3) is 5.24. The Morgan fingerprint density at radius 1 is 1.19 bits per heavy atom. The number of amides is 2. The monoisotopic (exact) mass is 496 g/mol. The van der Waals surface area contributed by atoms with Crippen LogP contribution in [0.5, 0.6) is 0 Å². The molecule has 0 spiro atoms. The molecule has 2 N–H and O–H groups in total. The molecule has 0 radical (unpaired) electrons. The maximum atomic E-state index is 13.2. The first-order valence-electron chi connectivity index (χ1n) is 12.5. The Morgan fingerprint density at radius 2 is 1.95 bits per heavy atom. The van der Waals surface area contributed by atoms with Gasteiger partial charge in [0.15, 0.2) is 0 Å². The van der Waals surface area contributed by atoms with Gasteiger partial charge in [-0.15, -0.1) is 0 Å². The topological polar surface area (TPSA) is 92.2 Å². The summed E-state index contributed by atoms with van der Waals surface area (Å²) in [5.41, 5.74) is 6.88. The maximum Gasteiger partial charge on any atom is 0.255 e. The molecule has 2 atom stereocenters. The van der Waals surface area contributed by atoms with Gasteiger partial charge in [-0.05, 0) is 72.6 Å². The van der Waals surface area contributed by atoms with Crippen molar-refractivity contribution in [2.24, 2.45) is 18.9 Å². The zero-order valence-corrected chi connectivity index (χ0v) is 21.5. The summed E-state index contributed by atoms with van der Waals surface area (Å²) in [4.78, 5) is 32.3. The highest BCUT2D eigenvalue weighted by Gasteiger charge is 2.45. The highest BCUT2D eigenvalue weighted by atomic mass is 16.2. The average molecular weight is 497 g/mol. The predicted octanol–water partition coefficient (Wildman–Crippen LogP) is 4.03. The van der Waals surface area contributed by atoms with E-state index in [0.29, 0.717) is 29.2 Å². The second-order valence-electron chi connectivity index (χ2n) is 10.1. The van der Waals surface area contributed by atoms with Gasteiger partial charge >= 0.3 is 0 Å². The molecule has 0 bridgehead atoms. The lowest BCUT2D eigenvalue weighted by atomic mass is 10.0. The molecule has 37 heavy (non-hydrogen) atoms. The van der Waals surface area contributed by atoms with E-state index in [9.17, 15) is 9.59 Å². The number of anilines is 2. The van der Waals surface area contributed by atoms with E-state index in [-0.39, 0.29) is 11.8 Å². The van der Waals surface area contributed by atoms with Gasteiger partial charge in [0.1, 0.15) is 0 Å². The molecule has 2 aromatic heterocycles. The number of aryl methyl sites for hydroxylation is 2. The molecular formula is C29H32N6O2. The molecule has 2 amide bonds. The quantitative estimate of drug-likeness (QED) is 0.425. The van der Waals surface area contributed by atoms with Crippen LogP contribution in [0.3, 0.4) is 0 Å². The number of likely N-dealkylation sites (tertiary alicyclic amines) is 1. The number of fused-ring (bicyclic) bond motifs is 1. The average Bonchev–Trinajstić information content (AvgIpc) is 3.13. The van der Waals surface area contributed by atoms with Crippen molar-refractivity contribution in [3.8, 4) is 0 Å². The van der Waals surface area contributed by atoms with Gasteiger partial charge in [0, 0.05) is 37.5 Å². The van der Waals surface area contributed by atoms with Crippen molar-refractivity contribution in [2.75, 3.05) is 30.3 Å². The molecule has 1 saturated heterocycles. The molecule has 2 unspecified atom stereocenters. The van der Waals surface area contributed by atoms with Crippen molar-refractivity contribution in [1.29, 1.82) is 0 Å². The maximum absolute atomic E-state index is 13.2. The Balaban J connectivity index is 1.28. The van der Waals surface area contributed by atoms with E-state index >= 15 is 0 Å². The second kappa shape index (κ2) is 9.78. The molecule has 190 valence electrons. The number of allylic oxidation sites excluding steroid dienone is 6. The van der Waals surface area contributed by atoms with Gasteiger partial charge in [-0.3, -0.25) is 24.2 Å². The summed E-state index contributed by atoms with van der Waals surface area (Å²) in [6.07, 6.45) is 12.0. The Morgan fingerprint density at radius 3 is 2.62 bits per heavy atom. The minimum Gasteiger partial charge on any atom is -0.324 e. The van der Waals surface area contributed by atoms with Crippen molar-refractivity contribution in [3.63, 3.8) is 0 Å². The summed E-state index contributed by atoms with van der Waals surface area (Å²) in [7, 11) is 1.87. The minimum absolute atomic E-state index is 0.0732. The minimum atomic E-state index is -0.311. The van der Waals surface area contributed by atoms with Crippen LogP contribution in [-0.2, 0) is 16.6 Å². The van der Waals surface area contributed by atoms with Gasteiger partial charge in [0.05, 0.1) is 36.0 Å². The molecule has 5 rings (SSSR count). The number of hydrogen-bond acceptors (Lipinski definition) is 5. The summed E-state index contributed by atoms with van der Waals surface area (Å²) in [6.45, 7) is 14.2. The number of rotatable bonds is 8. The molecule has 1 aliphatic heterocycles. The molecule has 8 heteroatoms. The number of carbonyl (C=O) groups excluding carboxylic acids is 2. The zero-order valence-electron chi connectivity index (χ0n) is 21.5. The number of carbonyl (C=O) groups is 2. The van der Waals surface area contributed by atoms with Crippen LogP contribution in [0.4, 0.5) is 11.4 Å². The molecule has 1 saturated carbocycles. The fourth-order valence-corrected chi connectivity index (χ4v) is 5.03. The molecule has 0 aromatic carbocycles. The van der Waals surface area contributed by atoms with E-state index in [4.69, 9.17) is 0 Å². The summed E-state index contributed by atoms with van der Waals surface area (Å²) < 4.78 is 1.75. The highest BCUT2D eigenvalue weighted by molar-refractivity contribution is 6.07. The summed E-state index contributed by atoms with van der Waals surface area (Å²) >= 11 is 0. The fourth-order valence-electron chi connectivity index (χ4n) is 5.03. The van der Waals surface area contributed by atoms with Gasteiger partial charge in [-0.25, -0.2) is 0 Å². The van der Waals surface area contributed by atoms with Crippen molar-refractivity contribution in [1.82, 2.24) is 19.7 Å². The lowest BCUT2D eigenvalue weighted by molar-refractivity contribution is -0.117. The normalized spacial score (nSPS) is 21.1. The Bertz CT molecular complexity index is 1400. The zero-order chi connectivity index (χ0) is 26.3. The van der Waals surface area contributed by atoms with Crippen LogP contribution in [0.1, 0.15) is 24.6 Å². The van der Waals surface area contributed by atoms with E-state index < -0.39 is 0 Å². The Hall–Kier alpha value is -4.04.